The number of aromatic nitrogens is 2. The zero-order valence-electron chi connectivity index (χ0n) is 15.8. The zero-order valence-corrected chi connectivity index (χ0v) is 15.8. The first-order valence-electron chi connectivity index (χ1n) is 9.54. The van der Waals surface area contributed by atoms with Crippen molar-refractivity contribution >= 4 is 16.6 Å². The summed E-state index contributed by atoms with van der Waals surface area (Å²) in [5.41, 5.74) is 2.44. The van der Waals surface area contributed by atoms with Crippen molar-refractivity contribution in [2.45, 2.75) is 39.2 Å². The van der Waals surface area contributed by atoms with Crippen LogP contribution < -0.4 is 21.5 Å². The Balaban J connectivity index is 1.62. The number of hydrogen-bond acceptors (Lipinski definition) is 5. The number of aromatic amines is 1. The van der Waals surface area contributed by atoms with Crippen molar-refractivity contribution in [3.8, 4) is 6.07 Å². The molecule has 1 aliphatic carbocycles. The maximum atomic E-state index is 12.4. The van der Waals surface area contributed by atoms with Crippen LogP contribution in [0.25, 0.3) is 10.9 Å². The van der Waals surface area contributed by atoms with Crippen molar-refractivity contribution < 1.29 is 0 Å². The van der Waals surface area contributed by atoms with Gasteiger partial charge in [-0.3, -0.25) is 14.3 Å². The number of nitrogens with zero attached hydrogens (tertiary/aromatic N) is 3. The molecule has 2 fully saturated rings. The van der Waals surface area contributed by atoms with E-state index in [-0.39, 0.29) is 22.7 Å². The van der Waals surface area contributed by atoms with Crippen LogP contribution in [0.4, 0.5) is 5.69 Å². The van der Waals surface area contributed by atoms with E-state index in [4.69, 9.17) is 5.26 Å². The van der Waals surface area contributed by atoms with Crippen LogP contribution >= 0.6 is 0 Å². The first-order chi connectivity index (χ1) is 12.9. The summed E-state index contributed by atoms with van der Waals surface area (Å²) >= 11 is 0. The summed E-state index contributed by atoms with van der Waals surface area (Å²) in [6.07, 6.45) is 2.50. The molecule has 0 radical (unpaired) electrons. The number of fused-ring (bicyclic) bond motifs is 1. The van der Waals surface area contributed by atoms with Crippen LogP contribution in [0.5, 0.6) is 0 Å². The molecule has 7 nitrogen and oxygen atoms in total. The minimum atomic E-state index is -0.309. The third-order valence-corrected chi connectivity index (χ3v) is 5.69. The van der Waals surface area contributed by atoms with Crippen molar-refractivity contribution in [1.82, 2.24) is 14.9 Å². The molecule has 2 N–H and O–H groups in total. The highest BCUT2D eigenvalue weighted by Crippen LogP contribution is 2.40. The normalized spacial score (nSPS) is 18.3. The van der Waals surface area contributed by atoms with E-state index in [2.05, 4.69) is 28.2 Å². The topological polar surface area (TPSA) is 93.9 Å². The van der Waals surface area contributed by atoms with Crippen LogP contribution in [0, 0.1) is 23.7 Å². The van der Waals surface area contributed by atoms with E-state index in [1.165, 1.54) is 0 Å². The summed E-state index contributed by atoms with van der Waals surface area (Å²) in [4.78, 5) is 29.4. The number of hydrogen-bond donors (Lipinski definition) is 2. The summed E-state index contributed by atoms with van der Waals surface area (Å²) < 4.78 is 1.78. The molecule has 2 heterocycles. The lowest BCUT2D eigenvalue weighted by atomic mass is 9.81. The van der Waals surface area contributed by atoms with Gasteiger partial charge in [-0.15, -0.1) is 0 Å². The maximum Gasteiger partial charge on any atom is 0.329 e. The molecule has 27 heavy (non-hydrogen) atoms. The minimum absolute atomic E-state index is 0.168. The third-order valence-electron chi connectivity index (χ3n) is 5.69. The van der Waals surface area contributed by atoms with E-state index in [0.717, 1.165) is 55.8 Å². The van der Waals surface area contributed by atoms with Gasteiger partial charge in [0.15, 0.2) is 0 Å². The van der Waals surface area contributed by atoms with Crippen molar-refractivity contribution in [2.24, 2.45) is 5.41 Å². The quantitative estimate of drug-likeness (QED) is 0.758. The largest absolute Gasteiger partial charge is 0.370 e. The highest BCUT2D eigenvalue weighted by atomic mass is 16.2. The molecule has 2 aliphatic rings. The molecule has 2 aromatic rings. The molecule has 1 saturated heterocycles. The van der Waals surface area contributed by atoms with Gasteiger partial charge >= 0.3 is 5.69 Å². The summed E-state index contributed by atoms with van der Waals surface area (Å²) in [5, 5.41) is 12.6. The third kappa shape index (κ3) is 3.15. The Hall–Kier alpha value is -2.59. The molecule has 0 amide bonds. The van der Waals surface area contributed by atoms with Gasteiger partial charge in [0.2, 0.25) is 0 Å². The number of nitrogens with one attached hydrogen (secondary N) is 2. The molecule has 0 spiro atoms. The van der Waals surface area contributed by atoms with Crippen LogP contribution in [0.1, 0.15) is 37.8 Å². The second kappa shape index (κ2) is 6.54. The maximum absolute atomic E-state index is 12.4. The SMILES string of the molecule is Cc1c(N2CC(C)(CNCCC#N)C2)ccc2c(=O)[nH]c(=O)n(C3CC3)c12. The first-order valence-corrected chi connectivity index (χ1v) is 9.54. The van der Waals surface area contributed by atoms with E-state index in [0.29, 0.717) is 11.8 Å². The Bertz CT molecular complexity index is 1040. The van der Waals surface area contributed by atoms with E-state index in [1.54, 1.807) is 4.57 Å². The average Bonchev–Trinajstić information content (AvgIpc) is 3.42. The van der Waals surface area contributed by atoms with E-state index < -0.39 is 0 Å². The summed E-state index contributed by atoms with van der Waals surface area (Å²) in [5.74, 6) is 0. The number of benzene rings is 1. The second-order valence-electron chi connectivity index (χ2n) is 8.22. The molecule has 0 unspecified atom stereocenters. The van der Waals surface area contributed by atoms with E-state index in [1.807, 2.05) is 19.1 Å². The molecule has 1 aromatic heterocycles. The number of H-pyrrole nitrogens is 1. The van der Waals surface area contributed by atoms with Gasteiger partial charge in [-0.2, -0.15) is 5.26 Å². The molecule has 142 valence electrons. The predicted molar refractivity (Wildman–Crippen MR) is 105 cm³/mol. The van der Waals surface area contributed by atoms with Gasteiger partial charge in [0.05, 0.1) is 17.0 Å². The summed E-state index contributed by atoms with van der Waals surface area (Å²) in [6, 6.07) is 6.19. The molecular formula is C20H25N5O2. The zero-order chi connectivity index (χ0) is 19.2. The Morgan fingerprint density at radius 1 is 1.33 bits per heavy atom. The smallest absolute Gasteiger partial charge is 0.329 e. The van der Waals surface area contributed by atoms with Crippen LogP contribution in [-0.4, -0.2) is 35.7 Å². The average molecular weight is 367 g/mol. The molecule has 4 rings (SSSR count). The van der Waals surface area contributed by atoms with Gasteiger partial charge in [0.1, 0.15) is 0 Å². The van der Waals surface area contributed by atoms with Crippen molar-refractivity contribution in [2.75, 3.05) is 31.1 Å². The number of rotatable bonds is 6. The van der Waals surface area contributed by atoms with Crippen LogP contribution in [0.15, 0.2) is 21.7 Å². The fourth-order valence-electron chi connectivity index (χ4n) is 4.22. The van der Waals surface area contributed by atoms with Crippen molar-refractivity contribution in [3.05, 3.63) is 38.5 Å². The van der Waals surface area contributed by atoms with Gasteiger partial charge in [0.25, 0.3) is 5.56 Å². The van der Waals surface area contributed by atoms with Gasteiger partial charge in [-0.1, -0.05) is 6.92 Å². The van der Waals surface area contributed by atoms with Crippen LogP contribution in [0.2, 0.25) is 0 Å². The van der Waals surface area contributed by atoms with E-state index >= 15 is 0 Å². The Morgan fingerprint density at radius 3 is 2.74 bits per heavy atom. The lowest BCUT2D eigenvalue weighted by molar-refractivity contribution is 0.233. The Labute approximate surface area is 157 Å². The fraction of sp³-hybridized carbons (Fsp3) is 0.550. The first kappa shape index (κ1) is 17.8. The number of anilines is 1. The Kier molecular flexibility index (Phi) is 4.31. The van der Waals surface area contributed by atoms with Crippen molar-refractivity contribution in [3.63, 3.8) is 0 Å². The fourth-order valence-corrected chi connectivity index (χ4v) is 4.22. The van der Waals surface area contributed by atoms with Gasteiger partial charge in [-0.25, -0.2) is 4.79 Å². The van der Waals surface area contributed by atoms with Crippen LogP contribution in [0.3, 0.4) is 0 Å². The predicted octanol–water partition coefficient (Wildman–Crippen LogP) is 1.66. The molecule has 0 atom stereocenters. The van der Waals surface area contributed by atoms with Crippen molar-refractivity contribution in [1.29, 1.82) is 5.26 Å². The lowest BCUT2D eigenvalue weighted by Gasteiger charge is -2.50. The highest BCUT2D eigenvalue weighted by molar-refractivity contribution is 5.87. The van der Waals surface area contributed by atoms with Gasteiger partial charge < -0.3 is 10.2 Å². The Morgan fingerprint density at radius 2 is 2.07 bits per heavy atom. The van der Waals surface area contributed by atoms with Gasteiger partial charge in [-0.05, 0) is 37.5 Å². The molecule has 1 aromatic carbocycles. The van der Waals surface area contributed by atoms with Gasteiger partial charge in [0, 0.05) is 49.7 Å². The molecule has 7 heteroatoms. The molecular weight excluding hydrogens is 342 g/mol. The number of aryl methyl sites for hydroxylation is 1. The summed E-state index contributed by atoms with van der Waals surface area (Å²) in [7, 11) is 0. The summed E-state index contributed by atoms with van der Waals surface area (Å²) in [6.45, 7) is 7.67. The highest BCUT2D eigenvalue weighted by Gasteiger charge is 2.39. The lowest BCUT2D eigenvalue weighted by Crippen LogP contribution is -2.59. The standard InChI is InChI=1S/C20H25N5O2/c1-13-16(24-11-20(2,12-24)10-22-9-3-8-21)7-6-15-17(13)25(14-4-5-14)19(27)23-18(15)26/h6-7,14,22H,3-5,9-12H2,1-2H3,(H,23,26,27). The molecule has 0 bridgehead atoms. The molecule has 1 aliphatic heterocycles. The minimum Gasteiger partial charge on any atom is -0.370 e. The molecule has 1 saturated carbocycles. The monoisotopic (exact) mass is 367 g/mol. The second-order valence-corrected chi connectivity index (χ2v) is 8.22. The number of nitriles is 1. The van der Waals surface area contributed by atoms with Crippen LogP contribution in [-0.2, 0) is 0 Å². The van der Waals surface area contributed by atoms with E-state index in [9.17, 15) is 9.59 Å².